The molecule has 1 unspecified atom stereocenters. The van der Waals surface area contributed by atoms with Crippen molar-refractivity contribution in [1.29, 1.82) is 0 Å². The van der Waals surface area contributed by atoms with E-state index >= 15 is 0 Å². The maximum absolute atomic E-state index is 14.0. The highest BCUT2D eigenvalue weighted by Gasteiger charge is 2.43. The highest BCUT2D eigenvalue weighted by molar-refractivity contribution is 6.67. The van der Waals surface area contributed by atoms with Crippen LogP contribution in [-0.4, -0.2) is 92.8 Å². The summed E-state index contributed by atoms with van der Waals surface area (Å²) in [5, 5.41) is 7.60. The molecule has 0 saturated carbocycles. The molecule has 14 nitrogen and oxygen atoms in total. The summed E-state index contributed by atoms with van der Waals surface area (Å²) in [5.74, 6) is -3.03. The summed E-state index contributed by atoms with van der Waals surface area (Å²) in [5.41, 5.74) is 2.80. The number of benzene rings is 1. The first kappa shape index (κ1) is 45.0. The molecule has 0 aliphatic carbocycles. The molecule has 17 heteroatoms. The Morgan fingerprint density at radius 3 is 2.39 bits per heavy atom. The predicted octanol–water partition coefficient (Wildman–Crippen LogP) is 6.25. The number of hydrogen-bond acceptors (Lipinski definition) is 11. The maximum Gasteiger partial charge on any atom is 0.408 e. The minimum absolute atomic E-state index is 0.279. The minimum atomic E-state index is -1.78. The average Bonchev–Trinajstić information content (AvgIpc) is 3.13. The third-order valence-corrected chi connectivity index (χ3v) is 9.38. The SMILES string of the molecule is CC(C)[C@H](OC(=O)C1(C=Cc2ccc3ccc([C@@H](C)NC(=O)OC(C)(C)C)nc3c2)CCCCO1)C(=O)N[C@@H](C)C(=O)N1CCC[C@@H](C(=O)OCC(Cl)(Cl)Cl)N1. The molecule has 0 bridgehead atoms. The van der Waals surface area contributed by atoms with E-state index < -0.39 is 81.6 Å². The number of nitrogens with one attached hydrogen (secondary N) is 3. The maximum atomic E-state index is 14.0. The number of amides is 3. The van der Waals surface area contributed by atoms with E-state index in [1.54, 1.807) is 46.8 Å². The third kappa shape index (κ3) is 12.9. The number of hydrazine groups is 1. The van der Waals surface area contributed by atoms with Crippen LogP contribution >= 0.6 is 34.8 Å². The van der Waals surface area contributed by atoms with Crippen LogP contribution in [0.2, 0.25) is 0 Å². The first-order valence-electron chi connectivity index (χ1n) is 18.7. The molecule has 5 atom stereocenters. The Hall–Kier alpha value is -3.69. The molecule has 3 N–H and O–H groups in total. The molecule has 4 rings (SSSR count). The molecule has 3 heterocycles. The second-order valence-electron chi connectivity index (χ2n) is 15.4. The number of alkyl halides is 3. The van der Waals surface area contributed by atoms with Crippen LogP contribution in [0.5, 0.6) is 0 Å². The van der Waals surface area contributed by atoms with E-state index in [1.807, 2.05) is 37.3 Å². The van der Waals surface area contributed by atoms with E-state index in [0.29, 0.717) is 43.5 Å². The van der Waals surface area contributed by atoms with Crippen molar-refractivity contribution in [2.24, 2.45) is 5.92 Å². The highest BCUT2D eigenvalue weighted by atomic mass is 35.6. The van der Waals surface area contributed by atoms with Crippen molar-refractivity contribution in [3.8, 4) is 0 Å². The van der Waals surface area contributed by atoms with Gasteiger partial charge in [-0.25, -0.2) is 15.0 Å². The van der Waals surface area contributed by atoms with Gasteiger partial charge in [-0.3, -0.25) is 24.4 Å². The Balaban J connectivity index is 1.44. The Kier molecular flexibility index (Phi) is 15.4. The molecule has 3 amide bonds. The fraction of sp³-hybridized carbons (Fsp3) is 0.590. The number of carbonyl (C=O) groups is 5. The summed E-state index contributed by atoms with van der Waals surface area (Å²) >= 11 is 17.0. The Bertz CT molecular complexity index is 1770. The van der Waals surface area contributed by atoms with Crippen molar-refractivity contribution in [3.63, 3.8) is 0 Å². The zero-order valence-corrected chi connectivity index (χ0v) is 35.1. The van der Waals surface area contributed by atoms with Crippen molar-refractivity contribution in [1.82, 2.24) is 26.1 Å². The number of aromatic nitrogens is 1. The van der Waals surface area contributed by atoms with Gasteiger partial charge < -0.3 is 29.6 Å². The van der Waals surface area contributed by atoms with Gasteiger partial charge in [-0.15, -0.1) is 0 Å². The number of fused-ring (bicyclic) bond motifs is 1. The lowest BCUT2D eigenvalue weighted by atomic mass is 9.92. The van der Waals surface area contributed by atoms with Crippen molar-refractivity contribution in [2.45, 2.75) is 120 Å². The Morgan fingerprint density at radius 2 is 1.75 bits per heavy atom. The molecule has 2 aliphatic rings. The van der Waals surface area contributed by atoms with Crippen molar-refractivity contribution >= 4 is 81.6 Å². The highest BCUT2D eigenvalue weighted by Crippen LogP contribution is 2.31. The van der Waals surface area contributed by atoms with Crippen LogP contribution in [-0.2, 0) is 38.1 Å². The van der Waals surface area contributed by atoms with Gasteiger partial charge in [0.25, 0.3) is 11.8 Å². The van der Waals surface area contributed by atoms with E-state index in [4.69, 9.17) is 58.7 Å². The normalized spacial score (nSPS) is 20.9. The van der Waals surface area contributed by atoms with Gasteiger partial charge >= 0.3 is 18.0 Å². The fourth-order valence-electron chi connectivity index (χ4n) is 6.13. The number of ether oxygens (including phenoxy) is 4. The van der Waals surface area contributed by atoms with Gasteiger partial charge in [-0.1, -0.05) is 72.9 Å². The number of esters is 2. The number of pyridine rings is 1. The van der Waals surface area contributed by atoms with Gasteiger partial charge in [0, 0.05) is 18.5 Å². The summed E-state index contributed by atoms with van der Waals surface area (Å²) in [6.07, 6.45) is 4.29. The summed E-state index contributed by atoms with van der Waals surface area (Å²) in [4.78, 5) is 70.5. The topological polar surface area (TPSA) is 174 Å². The van der Waals surface area contributed by atoms with Gasteiger partial charge in [-0.05, 0) is 96.4 Å². The van der Waals surface area contributed by atoms with E-state index in [2.05, 4.69) is 16.1 Å². The average molecular weight is 841 g/mol. The molecule has 0 spiro atoms. The second kappa shape index (κ2) is 19.2. The van der Waals surface area contributed by atoms with Gasteiger partial charge in [0.2, 0.25) is 3.79 Å². The third-order valence-electron chi connectivity index (χ3n) is 9.05. The van der Waals surface area contributed by atoms with Crippen LogP contribution in [0, 0.1) is 5.92 Å². The Morgan fingerprint density at radius 1 is 1.04 bits per heavy atom. The summed E-state index contributed by atoms with van der Waals surface area (Å²) < 4.78 is 20.6. The molecule has 1 aromatic heterocycles. The van der Waals surface area contributed by atoms with Crippen molar-refractivity contribution in [3.05, 3.63) is 47.7 Å². The number of hydrogen-bond donors (Lipinski definition) is 3. The van der Waals surface area contributed by atoms with Gasteiger partial charge in [0.1, 0.15) is 24.3 Å². The fourth-order valence-corrected chi connectivity index (χ4v) is 6.29. The quantitative estimate of drug-likeness (QED) is 0.125. The molecule has 2 saturated heterocycles. The summed E-state index contributed by atoms with van der Waals surface area (Å²) in [6, 6.07) is 7.11. The van der Waals surface area contributed by atoms with Crippen molar-refractivity contribution < 1.29 is 42.9 Å². The van der Waals surface area contributed by atoms with E-state index in [9.17, 15) is 24.0 Å². The summed E-state index contributed by atoms with van der Waals surface area (Å²) in [7, 11) is 0. The van der Waals surface area contributed by atoms with Crippen LogP contribution < -0.4 is 16.1 Å². The van der Waals surface area contributed by atoms with Crippen LogP contribution in [0.25, 0.3) is 17.0 Å². The lowest BCUT2D eigenvalue weighted by Gasteiger charge is -2.35. The molecule has 56 heavy (non-hydrogen) atoms. The lowest BCUT2D eigenvalue weighted by molar-refractivity contribution is -0.181. The second-order valence-corrected chi connectivity index (χ2v) is 17.9. The summed E-state index contributed by atoms with van der Waals surface area (Å²) in [6.45, 7) is 12.3. The molecule has 2 fully saturated rings. The van der Waals surface area contributed by atoms with Gasteiger partial charge in [-0.2, -0.15) is 0 Å². The van der Waals surface area contributed by atoms with Gasteiger partial charge in [0.15, 0.2) is 11.7 Å². The first-order valence-corrected chi connectivity index (χ1v) is 19.9. The van der Waals surface area contributed by atoms with E-state index in [1.165, 1.54) is 11.9 Å². The van der Waals surface area contributed by atoms with Crippen LogP contribution in [0.1, 0.15) is 97.9 Å². The molecular weight excluding hydrogens is 789 g/mol. The zero-order chi connectivity index (χ0) is 41.4. The Labute approximate surface area is 342 Å². The molecule has 2 aromatic rings. The standard InChI is InChI=1S/C39H52Cl3N5O9/c1-23(2)31(32(48)43-25(4)33(49)47-19-10-11-29(46-47)34(50)53-22-39(40,41)42)55-35(51)38(17-8-9-20-54-38)18-16-26-12-13-27-14-15-28(45-30(27)21-26)24(3)44-36(52)56-37(5,6)7/h12-16,18,21,23-25,29,31,46H,8-11,17,19-20,22H2,1-7H3,(H,43,48)(H,44,52)/t24-,25+,29+,31+,38?/m1/s1. The van der Waals surface area contributed by atoms with E-state index in [-0.39, 0.29) is 6.54 Å². The van der Waals surface area contributed by atoms with Gasteiger partial charge in [0.05, 0.1) is 17.3 Å². The van der Waals surface area contributed by atoms with E-state index in [0.717, 1.165) is 17.4 Å². The lowest BCUT2D eigenvalue weighted by Crippen LogP contribution is -2.60. The number of carbonyl (C=O) groups excluding carboxylic acids is 5. The number of nitrogens with zero attached hydrogens (tertiary/aromatic N) is 2. The monoisotopic (exact) mass is 839 g/mol. The smallest absolute Gasteiger partial charge is 0.408 e. The van der Waals surface area contributed by atoms with Crippen LogP contribution in [0.4, 0.5) is 4.79 Å². The predicted molar refractivity (Wildman–Crippen MR) is 213 cm³/mol. The number of alkyl carbamates (subject to hydrolysis) is 1. The molecule has 308 valence electrons. The molecule has 0 radical (unpaired) electrons. The number of rotatable bonds is 12. The number of halogens is 3. The van der Waals surface area contributed by atoms with Crippen LogP contribution in [0.3, 0.4) is 0 Å². The van der Waals surface area contributed by atoms with Crippen molar-refractivity contribution in [2.75, 3.05) is 19.8 Å². The minimum Gasteiger partial charge on any atom is -0.460 e. The van der Waals surface area contributed by atoms with Crippen LogP contribution in [0.15, 0.2) is 36.4 Å². The molecular formula is C39H52Cl3N5O9. The molecule has 1 aromatic carbocycles. The zero-order valence-electron chi connectivity index (χ0n) is 32.8. The molecule has 2 aliphatic heterocycles. The largest absolute Gasteiger partial charge is 0.460 e. The first-order chi connectivity index (χ1) is 26.2.